The molecular weight excluding hydrogens is 270 g/mol. The SMILES string of the molecule is CCn1cnnc1-c1ccc(Br)cc1OC. The quantitative estimate of drug-likeness (QED) is 0.869. The van der Waals surface area contributed by atoms with Crippen molar-refractivity contribution in [2.45, 2.75) is 13.5 Å². The molecule has 0 radical (unpaired) electrons. The van der Waals surface area contributed by atoms with E-state index < -0.39 is 0 Å². The summed E-state index contributed by atoms with van der Waals surface area (Å²) in [5.74, 6) is 1.61. The molecule has 1 aromatic carbocycles. The van der Waals surface area contributed by atoms with Gasteiger partial charge < -0.3 is 9.30 Å². The van der Waals surface area contributed by atoms with Gasteiger partial charge in [-0.2, -0.15) is 0 Å². The number of ether oxygens (including phenoxy) is 1. The first-order chi connectivity index (χ1) is 7.76. The van der Waals surface area contributed by atoms with E-state index in [1.807, 2.05) is 22.8 Å². The zero-order chi connectivity index (χ0) is 11.5. The summed E-state index contributed by atoms with van der Waals surface area (Å²) in [6, 6.07) is 5.86. The molecule has 2 rings (SSSR count). The van der Waals surface area contributed by atoms with Crippen molar-refractivity contribution in [3.05, 3.63) is 29.0 Å². The van der Waals surface area contributed by atoms with Gasteiger partial charge in [0.05, 0.1) is 12.7 Å². The highest BCUT2D eigenvalue weighted by Crippen LogP contribution is 2.31. The monoisotopic (exact) mass is 281 g/mol. The lowest BCUT2D eigenvalue weighted by Crippen LogP contribution is -1.98. The van der Waals surface area contributed by atoms with E-state index in [4.69, 9.17) is 4.74 Å². The first kappa shape index (κ1) is 11.1. The smallest absolute Gasteiger partial charge is 0.167 e. The van der Waals surface area contributed by atoms with Gasteiger partial charge >= 0.3 is 0 Å². The van der Waals surface area contributed by atoms with Crippen LogP contribution in [-0.2, 0) is 6.54 Å². The predicted molar refractivity (Wildman–Crippen MR) is 65.4 cm³/mol. The number of aryl methyl sites for hydroxylation is 1. The van der Waals surface area contributed by atoms with Crippen LogP contribution in [0.1, 0.15) is 6.92 Å². The minimum atomic E-state index is 0.789. The molecule has 0 aliphatic heterocycles. The van der Waals surface area contributed by atoms with Gasteiger partial charge in [0, 0.05) is 11.0 Å². The Labute approximate surface area is 102 Å². The Hall–Kier alpha value is -1.36. The molecule has 0 unspecified atom stereocenters. The fourth-order valence-corrected chi connectivity index (χ4v) is 1.88. The molecule has 5 heteroatoms. The summed E-state index contributed by atoms with van der Waals surface area (Å²) in [6.07, 6.45) is 1.72. The molecule has 1 aromatic heterocycles. The molecule has 0 fully saturated rings. The van der Waals surface area contributed by atoms with Crippen LogP contribution >= 0.6 is 15.9 Å². The third kappa shape index (κ3) is 1.95. The zero-order valence-corrected chi connectivity index (χ0v) is 10.7. The van der Waals surface area contributed by atoms with Gasteiger partial charge in [-0.3, -0.25) is 0 Å². The molecule has 0 saturated carbocycles. The number of rotatable bonds is 3. The third-order valence-electron chi connectivity index (χ3n) is 2.36. The summed E-state index contributed by atoms with van der Waals surface area (Å²) in [5, 5.41) is 8.03. The highest BCUT2D eigenvalue weighted by molar-refractivity contribution is 9.10. The first-order valence-corrected chi connectivity index (χ1v) is 5.77. The van der Waals surface area contributed by atoms with Crippen molar-refractivity contribution in [1.82, 2.24) is 14.8 Å². The highest BCUT2D eigenvalue weighted by atomic mass is 79.9. The van der Waals surface area contributed by atoms with Gasteiger partial charge in [-0.25, -0.2) is 0 Å². The summed E-state index contributed by atoms with van der Waals surface area (Å²) in [4.78, 5) is 0. The number of hydrogen-bond donors (Lipinski definition) is 0. The Morgan fingerprint density at radius 1 is 1.44 bits per heavy atom. The van der Waals surface area contributed by atoms with Crippen molar-refractivity contribution in [2.75, 3.05) is 7.11 Å². The predicted octanol–water partition coefficient (Wildman–Crippen LogP) is 2.74. The number of nitrogens with zero attached hydrogens (tertiary/aromatic N) is 3. The van der Waals surface area contributed by atoms with Gasteiger partial charge in [0.2, 0.25) is 0 Å². The maximum absolute atomic E-state index is 5.34. The fraction of sp³-hybridized carbons (Fsp3) is 0.273. The van der Waals surface area contributed by atoms with E-state index >= 15 is 0 Å². The zero-order valence-electron chi connectivity index (χ0n) is 9.14. The Bertz CT molecular complexity index is 496. The minimum Gasteiger partial charge on any atom is -0.496 e. The molecule has 0 saturated heterocycles. The van der Waals surface area contributed by atoms with E-state index in [0.717, 1.165) is 28.2 Å². The van der Waals surface area contributed by atoms with E-state index in [2.05, 4.69) is 33.1 Å². The van der Waals surface area contributed by atoms with E-state index in [0.29, 0.717) is 0 Å². The van der Waals surface area contributed by atoms with Gasteiger partial charge in [-0.15, -0.1) is 10.2 Å². The second-order valence-corrected chi connectivity index (χ2v) is 4.20. The van der Waals surface area contributed by atoms with Gasteiger partial charge in [0.25, 0.3) is 0 Å². The Kier molecular flexibility index (Phi) is 3.24. The third-order valence-corrected chi connectivity index (χ3v) is 2.85. The fourth-order valence-electron chi connectivity index (χ4n) is 1.54. The topological polar surface area (TPSA) is 39.9 Å². The minimum absolute atomic E-state index is 0.789. The molecule has 0 aliphatic rings. The number of halogens is 1. The van der Waals surface area contributed by atoms with Crippen molar-refractivity contribution in [1.29, 1.82) is 0 Å². The van der Waals surface area contributed by atoms with E-state index in [9.17, 15) is 0 Å². The summed E-state index contributed by atoms with van der Waals surface area (Å²) in [7, 11) is 1.65. The average Bonchev–Trinajstić information content (AvgIpc) is 2.76. The number of methoxy groups -OCH3 is 1. The number of benzene rings is 1. The summed E-state index contributed by atoms with van der Waals surface area (Å²) in [5.41, 5.74) is 0.949. The van der Waals surface area contributed by atoms with E-state index in [-0.39, 0.29) is 0 Å². The van der Waals surface area contributed by atoms with Crippen molar-refractivity contribution in [2.24, 2.45) is 0 Å². The molecule has 16 heavy (non-hydrogen) atoms. The molecule has 0 spiro atoms. The van der Waals surface area contributed by atoms with Crippen LogP contribution in [0.3, 0.4) is 0 Å². The van der Waals surface area contributed by atoms with Gasteiger partial charge in [-0.05, 0) is 25.1 Å². The summed E-state index contributed by atoms with van der Waals surface area (Å²) in [6.45, 7) is 2.89. The molecule has 1 heterocycles. The van der Waals surface area contributed by atoms with Crippen LogP contribution in [0.15, 0.2) is 29.0 Å². The first-order valence-electron chi connectivity index (χ1n) is 4.98. The summed E-state index contributed by atoms with van der Waals surface area (Å²) < 4.78 is 8.30. The standard InChI is InChI=1S/C11H12BrN3O/c1-3-15-7-13-14-11(15)9-5-4-8(12)6-10(9)16-2/h4-7H,3H2,1-2H3. The van der Waals surface area contributed by atoms with Crippen LogP contribution in [0.25, 0.3) is 11.4 Å². The summed E-state index contributed by atoms with van der Waals surface area (Å²) >= 11 is 3.41. The van der Waals surface area contributed by atoms with E-state index in [1.54, 1.807) is 13.4 Å². The highest BCUT2D eigenvalue weighted by Gasteiger charge is 2.11. The van der Waals surface area contributed by atoms with Gasteiger partial charge in [0.15, 0.2) is 5.82 Å². The van der Waals surface area contributed by atoms with Crippen LogP contribution in [0.5, 0.6) is 5.75 Å². The Balaban J connectivity index is 2.55. The normalized spacial score (nSPS) is 10.4. The van der Waals surface area contributed by atoms with Gasteiger partial charge in [0.1, 0.15) is 12.1 Å². The Morgan fingerprint density at radius 3 is 2.94 bits per heavy atom. The Morgan fingerprint density at radius 2 is 2.25 bits per heavy atom. The van der Waals surface area contributed by atoms with Gasteiger partial charge in [-0.1, -0.05) is 15.9 Å². The van der Waals surface area contributed by atoms with Crippen LogP contribution in [0, 0.1) is 0 Å². The molecule has 84 valence electrons. The maximum atomic E-state index is 5.34. The van der Waals surface area contributed by atoms with Crippen LogP contribution < -0.4 is 4.74 Å². The molecule has 2 aromatic rings. The average molecular weight is 282 g/mol. The lowest BCUT2D eigenvalue weighted by molar-refractivity contribution is 0.415. The maximum Gasteiger partial charge on any atom is 0.167 e. The molecular formula is C11H12BrN3O. The van der Waals surface area contributed by atoms with Crippen molar-refractivity contribution < 1.29 is 4.74 Å². The largest absolute Gasteiger partial charge is 0.496 e. The lowest BCUT2D eigenvalue weighted by Gasteiger charge is -2.09. The van der Waals surface area contributed by atoms with Crippen molar-refractivity contribution in [3.8, 4) is 17.1 Å². The second-order valence-electron chi connectivity index (χ2n) is 3.29. The second kappa shape index (κ2) is 4.65. The van der Waals surface area contributed by atoms with E-state index in [1.165, 1.54) is 0 Å². The van der Waals surface area contributed by atoms with Crippen LogP contribution in [-0.4, -0.2) is 21.9 Å². The molecule has 0 aliphatic carbocycles. The molecule has 0 amide bonds. The van der Waals surface area contributed by atoms with Crippen molar-refractivity contribution in [3.63, 3.8) is 0 Å². The molecule has 0 N–H and O–H groups in total. The molecule has 0 bridgehead atoms. The number of hydrogen-bond acceptors (Lipinski definition) is 3. The number of aromatic nitrogens is 3. The molecule has 4 nitrogen and oxygen atoms in total. The molecule has 0 atom stereocenters. The lowest BCUT2D eigenvalue weighted by atomic mass is 10.2. The van der Waals surface area contributed by atoms with Crippen molar-refractivity contribution >= 4 is 15.9 Å². The van der Waals surface area contributed by atoms with Crippen LogP contribution in [0.2, 0.25) is 0 Å². The van der Waals surface area contributed by atoms with Crippen LogP contribution in [0.4, 0.5) is 0 Å².